The van der Waals surface area contributed by atoms with Crippen LogP contribution in [0.2, 0.25) is 5.02 Å². The Kier molecular flexibility index (Phi) is 8.90. The largest absolute Gasteiger partial charge is 0.490 e. The number of anilines is 1. The zero-order valence-electron chi connectivity index (χ0n) is 22.3. The number of nitrogens with one attached hydrogen (secondary N) is 1. The molecule has 8 nitrogen and oxygen atoms in total. The lowest BCUT2D eigenvalue weighted by atomic mass is 9.95. The molecular weight excluding hydrogens is 603 g/mol. The quantitative estimate of drug-likeness (QED) is 0.223. The number of benzene rings is 3. The van der Waals surface area contributed by atoms with Gasteiger partial charge in [-0.15, -0.1) is 0 Å². The Morgan fingerprint density at radius 3 is 2.65 bits per heavy atom. The average Bonchev–Trinajstić information content (AvgIpc) is 2.87. The Labute approximate surface area is 243 Å². The molecule has 1 amide bonds. The van der Waals surface area contributed by atoms with Gasteiger partial charge in [0.1, 0.15) is 11.6 Å². The normalized spacial score (nSPS) is 11.7. The van der Waals surface area contributed by atoms with E-state index in [1.165, 1.54) is 29.1 Å². The number of carbonyl (C=O) groups excluding carboxylic acids is 1. The summed E-state index contributed by atoms with van der Waals surface area (Å²) in [7, 11) is 0. The van der Waals surface area contributed by atoms with Crippen molar-refractivity contribution in [2.24, 2.45) is 5.10 Å². The van der Waals surface area contributed by atoms with E-state index in [0.717, 1.165) is 4.47 Å². The lowest BCUT2D eigenvalue weighted by Gasteiger charge is -2.21. The number of ether oxygens (including phenoxy) is 2. The fourth-order valence-electron chi connectivity index (χ4n) is 3.83. The Hall–Kier alpha value is -3.76. The first-order chi connectivity index (χ1) is 19.0. The van der Waals surface area contributed by atoms with E-state index in [9.17, 15) is 14.0 Å². The van der Waals surface area contributed by atoms with E-state index in [0.29, 0.717) is 40.3 Å². The van der Waals surface area contributed by atoms with Crippen LogP contribution in [0.1, 0.15) is 39.1 Å². The summed E-state index contributed by atoms with van der Waals surface area (Å²) in [6.07, 6.45) is 1.48. The minimum absolute atomic E-state index is 0.167. The fourth-order valence-corrected chi connectivity index (χ4v) is 4.47. The van der Waals surface area contributed by atoms with Crippen molar-refractivity contribution < 1.29 is 18.7 Å². The molecule has 0 radical (unpaired) electrons. The topological polar surface area (TPSA) is 94.8 Å². The summed E-state index contributed by atoms with van der Waals surface area (Å²) in [5, 5.41) is 7.64. The van der Waals surface area contributed by atoms with Gasteiger partial charge in [0.25, 0.3) is 11.5 Å². The molecule has 4 aromatic rings. The van der Waals surface area contributed by atoms with E-state index >= 15 is 0 Å². The van der Waals surface area contributed by atoms with Gasteiger partial charge in [-0.1, -0.05) is 54.4 Å². The van der Waals surface area contributed by atoms with Crippen molar-refractivity contribution >= 4 is 56.2 Å². The van der Waals surface area contributed by atoms with Crippen molar-refractivity contribution in [2.75, 3.05) is 18.5 Å². The van der Waals surface area contributed by atoms with Gasteiger partial charge in [-0.3, -0.25) is 9.59 Å². The summed E-state index contributed by atoms with van der Waals surface area (Å²) in [6, 6.07) is 14.1. The maximum absolute atomic E-state index is 13.4. The second-order valence-corrected chi connectivity index (χ2v) is 11.1. The molecular formula is C29H27BrClFN4O4. The van der Waals surface area contributed by atoms with Gasteiger partial charge in [-0.05, 0) is 61.0 Å². The average molecular weight is 630 g/mol. The van der Waals surface area contributed by atoms with Gasteiger partial charge in [0.15, 0.2) is 18.1 Å². The summed E-state index contributed by atoms with van der Waals surface area (Å²) in [6.45, 7) is 7.57. The second-order valence-electron chi connectivity index (χ2n) is 9.82. The van der Waals surface area contributed by atoms with Crippen LogP contribution in [-0.2, 0) is 10.2 Å². The minimum atomic E-state index is -0.501. The van der Waals surface area contributed by atoms with E-state index in [1.807, 2.05) is 26.8 Å². The zero-order chi connectivity index (χ0) is 29.0. The number of rotatable bonds is 8. The van der Waals surface area contributed by atoms with Gasteiger partial charge in [0.2, 0.25) is 0 Å². The van der Waals surface area contributed by atoms with Crippen LogP contribution < -0.4 is 20.3 Å². The summed E-state index contributed by atoms with van der Waals surface area (Å²) in [4.78, 5) is 30.5. The highest BCUT2D eigenvalue weighted by Crippen LogP contribution is 2.36. The molecule has 0 atom stereocenters. The van der Waals surface area contributed by atoms with E-state index in [4.69, 9.17) is 26.1 Å². The Morgan fingerprint density at radius 2 is 1.95 bits per heavy atom. The summed E-state index contributed by atoms with van der Waals surface area (Å²) in [5.74, 6) is -0.0242. The van der Waals surface area contributed by atoms with Gasteiger partial charge in [0.05, 0.1) is 28.7 Å². The Balaban J connectivity index is 1.64. The molecule has 0 aliphatic carbocycles. The van der Waals surface area contributed by atoms with Gasteiger partial charge < -0.3 is 14.8 Å². The summed E-state index contributed by atoms with van der Waals surface area (Å²) in [5.41, 5.74) is 0.625. The highest BCUT2D eigenvalue weighted by molar-refractivity contribution is 9.10. The van der Waals surface area contributed by atoms with Crippen LogP contribution in [0.4, 0.5) is 10.1 Å². The molecule has 40 heavy (non-hydrogen) atoms. The molecule has 0 saturated carbocycles. The first-order valence-corrected chi connectivity index (χ1v) is 13.5. The van der Waals surface area contributed by atoms with Crippen LogP contribution in [0.15, 0.2) is 69.0 Å². The molecule has 4 rings (SSSR count). The van der Waals surface area contributed by atoms with Crippen LogP contribution in [0.5, 0.6) is 11.5 Å². The Bertz CT molecular complexity index is 1670. The molecule has 1 heterocycles. The number of carbonyl (C=O) groups is 1. The maximum atomic E-state index is 13.4. The first-order valence-electron chi connectivity index (χ1n) is 12.4. The summed E-state index contributed by atoms with van der Waals surface area (Å²) < 4.78 is 26.8. The van der Waals surface area contributed by atoms with Crippen molar-refractivity contribution in [2.45, 2.75) is 33.1 Å². The van der Waals surface area contributed by atoms with Crippen LogP contribution in [0.25, 0.3) is 10.9 Å². The SMILES string of the molecule is CCOc1cc(C=Nn2c(C(C)(C)C)nc3ccc(Br)cc3c2=O)cc(Cl)c1OCC(=O)Nc1cccc(F)c1. The molecule has 0 fully saturated rings. The molecule has 0 saturated heterocycles. The zero-order valence-corrected chi connectivity index (χ0v) is 24.6. The van der Waals surface area contributed by atoms with E-state index in [-0.39, 0.29) is 22.9 Å². The number of fused-ring (bicyclic) bond motifs is 1. The van der Waals surface area contributed by atoms with Crippen LogP contribution in [-0.4, -0.2) is 35.0 Å². The van der Waals surface area contributed by atoms with Crippen molar-refractivity contribution in [3.8, 4) is 11.5 Å². The lowest BCUT2D eigenvalue weighted by Crippen LogP contribution is -2.29. The second kappa shape index (κ2) is 12.2. The van der Waals surface area contributed by atoms with Gasteiger partial charge in [-0.2, -0.15) is 9.78 Å². The molecule has 1 aromatic heterocycles. The van der Waals surface area contributed by atoms with Crippen molar-refractivity contribution in [1.82, 2.24) is 9.66 Å². The molecule has 3 aromatic carbocycles. The molecule has 0 bridgehead atoms. The predicted octanol–water partition coefficient (Wildman–Crippen LogP) is 6.55. The third-order valence-electron chi connectivity index (χ3n) is 5.59. The molecule has 1 N–H and O–H groups in total. The molecule has 0 aliphatic rings. The Morgan fingerprint density at radius 1 is 1.18 bits per heavy atom. The van der Waals surface area contributed by atoms with Crippen LogP contribution >= 0.6 is 27.5 Å². The van der Waals surface area contributed by atoms with Gasteiger partial charge in [-0.25, -0.2) is 9.37 Å². The van der Waals surface area contributed by atoms with E-state index in [1.54, 1.807) is 37.3 Å². The van der Waals surface area contributed by atoms with Crippen LogP contribution in [0, 0.1) is 5.82 Å². The van der Waals surface area contributed by atoms with Crippen LogP contribution in [0.3, 0.4) is 0 Å². The van der Waals surface area contributed by atoms with E-state index in [2.05, 4.69) is 26.3 Å². The molecule has 0 unspecified atom stereocenters. The number of hydrogen-bond acceptors (Lipinski definition) is 6. The van der Waals surface area contributed by atoms with Gasteiger partial charge >= 0.3 is 0 Å². The smallest absolute Gasteiger partial charge is 0.282 e. The number of hydrogen-bond donors (Lipinski definition) is 1. The number of nitrogens with zero attached hydrogens (tertiary/aromatic N) is 3. The molecule has 0 aliphatic heterocycles. The predicted molar refractivity (Wildman–Crippen MR) is 159 cm³/mol. The summed E-state index contributed by atoms with van der Waals surface area (Å²) >= 11 is 9.92. The van der Waals surface area contributed by atoms with Crippen molar-refractivity contribution in [1.29, 1.82) is 0 Å². The first kappa shape index (κ1) is 29.2. The van der Waals surface area contributed by atoms with Crippen molar-refractivity contribution in [3.05, 3.63) is 91.7 Å². The monoisotopic (exact) mass is 628 g/mol. The molecule has 208 valence electrons. The number of aromatic nitrogens is 2. The van der Waals surface area contributed by atoms with Gasteiger partial charge in [0, 0.05) is 15.6 Å². The fraction of sp³-hybridized carbons (Fsp3) is 0.241. The highest BCUT2D eigenvalue weighted by atomic mass is 79.9. The third kappa shape index (κ3) is 6.86. The molecule has 11 heteroatoms. The van der Waals surface area contributed by atoms with Crippen molar-refractivity contribution in [3.63, 3.8) is 0 Å². The number of amides is 1. The minimum Gasteiger partial charge on any atom is -0.490 e. The maximum Gasteiger partial charge on any atom is 0.282 e. The third-order valence-corrected chi connectivity index (χ3v) is 6.36. The van der Waals surface area contributed by atoms with E-state index < -0.39 is 17.1 Å². The molecule has 0 spiro atoms. The lowest BCUT2D eigenvalue weighted by molar-refractivity contribution is -0.118. The standard InChI is InChI=1S/C29H27BrClFN4O4/c1-5-39-24-12-17(11-22(31)26(24)40-16-25(37)34-20-8-6-7-19(32)14-20)15-33-36-27(38)21-13-18(30)9-10-23(21)35-28(36)29(2,3)4/h6-15H,5,16H2,1-4H3,(H,34,37). The number of halogens is 3. The highest BCUT2D eigenvalue weighted by Gasteiger charge is 2.23.